The molecule has 182 valence electrons. The van der Waals surface area contributed by atoms with E-state index in [0.717, 1.165) is 24.0 Å². The minimum atomic E-state index is -4.39. The summed E-state index contributed by atoms with van der Waals surface area (Å²) >= 11 is 0. The zero-order valence-electron chi connectivity index (χ0n) is 18.4. The molecule has 4 rings (SSSR count). The molecule has 2 aromatic carbocycles. The number of rotatable bonds is 6. The lowest BCUT2D eigenvalue weighted by Gasteiger charge is -2.37. The highest BCUT2D eigenvalue weighted by molar-refractivity contribution is 7.88. The lowest BCUT2D eigenvalue weighted by atomic mass is 9.94. The van der Waals surface area contributed by atoms with Crippen molar-refractivity contribution < 1.29 is 26.7 Å². The molecule has 34 heavy (non-hydrogen) atoms. The number of tetrazole rings is 1. The van der Waals surface area contributed by atoms with Gasteiger partial charge in [0.2, 0.25) is 15.8 Å². The number of aliphatic hydroxyl groups is 1. The lowest BCUT2D eigenvalue weighted by Crippen LogP contribution is -2.52. The number of alkyl halides is 3. The number of β-amino-alcohol motifs (C(OH)–C–C–N with tert-alkyl or cyclic N) is 1. The third-order valence-corrected chi connectivity index (χ3v) is 7.06. The van der Waals surface area contributed by atoms with Gasteiger partial charge in [0.1, 0.15) is 0 Å². The summed E-state index contributed by atoms with van der Waals surface area (Å²) < 4.78 is 63.5. The fraction of sp³-hybridized carbons (Fsp3) is 0.409. The summed E-state index contributed by atoms with van der Waals surface area (Å²) in [5.74, 6) is 0.307. The Hall–Kier alpha value is -2.83. The van der Waals surface area contributed by atoms with Crippen LogP contribution in [0.1, 0.15) is 29.5 Å². The summed E-state index contributed by atoms with van der Waals surface area (Å²) in [6.45, 7) is 0.287. The second kappa shape index (κ2) is 9.08. The molecule has 1 aliphatic heterocycles. The van der Waals surface area contributed by atoms with Crippen LogP contribution in [0.25, 0.3) is 11.4 Å². The molecule has 0 radical (unpaired) electrons. The van der Waals surface area contributed by atoms with Gasteiger partial charge in [-0.1, -0.05) is 36.4 Å². The first-order chi connectivity index (χ1) is 15.9. The smallest absolute Gasteiger partial charge is 0.386 e. The lowest BCUT2D eigenvalue weighted by molar-refractivity contribution is -0.137. The molecule has 1 atom stereocenters. The Morgan fingerprint density at radius 1 is 1.12 bits per heavy atom. The van der Waals surface area contributed by atoms with Crippen molar-refractivity contribution in [3.8, 4) is 11.4 Å². The maximum Gasteiger partial charge on any atom is 0.416 e. The fourth-order valence-corrected chi connectivity index (χ4v) is 5.02. The van der Waals surface area contributed by atoms with Crippen LogP contribution in [0.4, 0.5) is 13.2 Å². The molecule has 1 aromatic heterocycles. The van der Waals surface area contributed by atoms with Gasteiger partial charge in [0.25, 0.3) is 0 Å². The Kier molecular flexibility index (Phi) is 6.49. The number of sulfonamides is 1. The summed E-state index contributed by atoms with van der Waals surface area (Å²) in [6, 6.07) is 12.2. The van der Waals surface area contributed by atoms with E-state index in [1.54, 1.807) is 12.1 Å². The van der Waals surface area contributed by atoms with Crippen molar-refractivity contribution in [1.29, 1.82) is 0 Å². The van der Waals surface area contributed by atoms with E-state index in [-0.39, 0.29) is 13.1 Å². The van der Waals surface area contributed by atoms with E-state index < -0.39 is 27.4 Å². The summed E-state index contributed by atoms with van der Waals surface area (Å²) in [4.78, 5) is 1.25. The Balaban J connectivity index is 1.52. The summed E-state index contributed by atoms with van der Waals surface area (Å²) in [5, 5.41) is 23.4. The molecule has 0 spiro atoms. The van der Waals surface area contributed by atoms with Gasteiger partial charge in [-0.3, -0.25) is 0 Å². The van der Waals surface area contributed by atoms with Crippen molar-refractivity contribution in [3.63, 3.8) is 0 Å². The summed E-state index contributed by atoms with van der Waals surface area (Å²) in [6.07, 6.45) is -1.99. The molecule has 3 aromatic rings. The number of halogens is 3. The normalized spacial score (nSPS) is 19.9. The average Bonchev–Trinajstić information content (AvgIpc) is 3.21. The molecule has 2 heterocycles. The van der Waals surface area contributed by atoms with E-state index >= 15 is 0 Å². The minimum absolute atomic E-state index is 0.0207. The zero-order valence-corrected chi connectivity index (χ0v) is 19.2. The van der Waals surface area contributed by atoms with E-state index in [1.807, 2.05) is 12.1 Å². The van der Waals surface area contributed by atoms with Crippen LogP contribution >= 0.6 is 0 Å². The Morgan fingerprint density at radius 3 is 2.50 bits per heavy atom. The predicted molar refractivity (Wildman–Crippen MR) is 118 cm³/mol. The van der Waals surface area contributed by atoms with E-state index in [9.17, 15) is 26.7 Å². The Bertz CT molecular complexity index is 1260. The molecule has 8 nitrogen and oxygen atoms in total. The van der Waals surface area contributed by atoms with Gasteiger partial charge in [-0.2, -0.15) is 22.3 Å². The van der Waals surface area contributed by atoms with Gasteiger partial charge in [-0.15, -0.1) is 10.2 Å². The third-order valence-electron chi connectivity index (χ3n) is 5.81. The van der Waals surface area contributed by atoms with Crippen molar-refractivity contribution in [2.45, 2.75) is 37.6 Å². The second-order valence-electron chi connectivity index (χ2n) is 8.60. The number of piperidine rings is 1. The van der Waals surface area contributed by atoms with Crippen LogP contribution in [0.2, 0.25) is 0 Å². The van der Waals surface area contributed by atoms with Crippen LogP contribution in [0.5, 0.6) is 0 Å². The molecule has 0 aliphatic carbocycles. The van der Waals surface area contributed by atoms with Crippen LogP contribution in [-0.2, 0) is 29.2 Å². The largest absolute Gasteiger partial charge is 0.416 e. The van der Waals surface area contributed by atoms with Crippen molar-refractivity contribution in [3.05, 3.63) is 65.2 Å². The Morgan fingerprint density at radius 2 is 1.82 bits per heavy atom. The van der Waals surface area contributed by atoms with Crippen LogP contribution in [0.15, 0.2) is 48.5 Å². The van der Waals surface area contributed by atoms with Crippen molar-refractivity contribution >= 4 is 10.0 Å². The van der Waals surface area contributed by atoms with Gasteiger partial charge >= 0.3 is 6.18 Å². The molecule has 0 amide bonds. The van der Waals surface area contributed by atoms with Gasteiger partial charge in [0.05, 0.1) is 24.0 Å². The van der Waals surface area contributed by atoms with Crippen LogP contribution in [0.3, 0.4) is 0 Å². The quantitative estimate of drug-likeness (QED) is 0.565. The van der Waals surface area contributed by atoms with Crippen LogP contribution < -0.4 is 0 Å². The van der Waals surface area contributed by atoms with E-state index in [2.05, 4.69) is 15.4 Å². The number of hydrogen-bond acceptors (Lipinski definition) is 6. The van der Waals surface area contributed by atoms with Crippen molar-refractivity contribution in [2.75, 3.05) is 19.3 Å². The molecular formula is C22H24F3N5O3S. The molecule has 0 saturated carbocycles. The fourth-order valence-electron chi connectivity index (χ4n) is 4.09. The standard InChI is InChI=1S/C22H24F3N5O3S/c1-34(32,33)29-12-4-11-21(31,14-29)15-30-27-20(26-28-30)19-6-3-2-5-17(19)13-16-7-9-18(10-8-16)22(23,24)25/h2-3,5-10,31H,4,11-15H2,1H3. The van der Waals surface area contributed by atoms with E-state index in [1.165, 1.54) is 21.2 Å². The van der Waals surface area contributed by atoms with Gasteiger partial charge in [-0.05, 0) is 47.7 Å². The molecule has 1 saturated heterocycles. The first kappa shape index (κ1) is 24.3. The van der Waals surface area contributed by atoms with Gasteiger partial charge in [0.15, 0.2) is 0 Å². The number of benzene rings is 2. The molecule has 1 unspecified atom stereocenters. The monoisotopic (exact) mass is 495 g/mol. The molecule has 1 fully saturated rings. The highest BCUT2D eigenvalue weighted by atomic mass is 32.2. The Labute approximate surface area is 195 Å². The van der Waals surface area contributed by atoms with Crippen molar-refractivity contribution in [1.82, 2.24) is 24.5 Å². The van der Waals surface area contributed by atoms with Gasteiger partial charge < -0.3 is 5.11 Å². The number of nitrogens with zero attached hydrogens (tertiary/aromatic N) is 5. The van der Waals surface area contributed by atoms with Crippen LogP contribution in [0, 0.1) is 0 Å². The van der Waals surface area contributed by atoms with Crippen LogP contribution in [-0.4, -0.2) is 63.0 Å². The SMILES string of the molecule is CS(=O)(=O)N1CCCC(O)(Cn2nnc(-c3ccccc3Cc3ccc(C(F)(F)F)cc3)n2)C1. The number of hydrogen-bond donors (Lipinski definition) is 1. The summed E-state index contributed by atoms with van der Waals surface area (Å²) in [5.41, 5.74) is 0.150. The first-order valence-electron chi connectivity index (χ1n) is 10.6. The second-order valence-corrected chi connectivity index (χ2v) is 10.6. The summed E-state index contributed by atoms with van der Waals surface area (Å²) in [7, 11) is -3.43. The molecule has 12 heteroatoms. The minimum Gasteiger partial charge on any atom is -0.386 e. The first-order valence-corrected chi connectivity index (χ1v) is 12.5. The molecule has 1 N–H and O–H groups in total. The molecule has 1 aliphatic rings. The topological polar surface area (TPSA) is 101 Å². The third kappa shape index (κ3) is 5.62. The van der Waals surface area contributed by atoms with Gasteiger partial charge in [-0.25, -0.2) is 8.42 Å². The highest BCUT2D eigenvalue weighted by Crippen LogP contribution is 2.30. The molecule has 0 bridgehead atoms. The van der Waals surface area contributed by atoms with Gasteiger partial charge in [0, 0.05) is 18.7 Å². The van der Waals surface area contributed by atoms with E-state index in [0.29, 0.717) is 42.8 Å². The maximum absolute atomic E-state index is 12.8. The number of aromatic nitrogens is 4. The van der Waals surface area contributed by atoms with Crippen molar-refractivity contribution in [2.24, 2.45) is 0 Å². The maximum atomic E-state index is 12.8. The molecular weight excluding hydrogens is 471 g/mol. The predicted octanol–water partition coefficient (Wildman–Crippen LogP) is 2.74. The van der Waals surface area contributed by atoms with E-state index in [4.69, 9.17) is 0 Å². The highest BCUT2D eigenvalue weighted by Gasteiger charge is 2.38. The zero-order chi connectivity index (χ0) is 24.6. The average molecular weight is 496 g/mol.